The molecule has 1 amide bonds. The molecule has 8 nitrogen and oxygen atoms in total. The molecule has 3 aromatic rings. The van der Waals surface area contributed by atoms with E-state index in [0.29, 0.717) is 36.4 Å². The van der Waals surface area contributed by atoms with E-state index in [1.807, 2.05) is 37.3 Å². The van der Waals surface area contributed by atoms with Gasteiger partial charge in [-0.1, -0.05) is 24.3 Å². The molecule has 1 fully saturated rings. The Balaban J connectivity index is 1.48. The Kier molecular flexibility index (Phi) is 9.14. The number of hydrogen-bond donors (Lipinski definition) is 1. The molecule has 0 saturated carbocycles. The smallest absolute Gasteiger partial charge is 0.303 e. The van der Waals surface area contributed by atoms with Crippen LogP contribution in [-0.4, -0.2) is 61.4 Å². The largest absolute Gasteiger partial charge is 0.493 e. The molecule has 0 unspecified atom stereocenters. The van der Waals surface area contributed by atoms with E-state index in [4.69, 9.17) is 14.5 Å². The lowest BCUT2D eigenvalue weighted by Crippen LogP contribution is -2.36. The second kappa shape index (κ2) is 12.7. The highest BCUT2D eigenvalue weighted by molar-refractivity contribution is 7.15. The normalized spacial score (nSPS) is 13.4. The molecule has 0 bridgehead atoms. The van der Waals surface area contributed by atoms with E-state index in [1.165, 1.54) is 4.88 Å². The number of carbonyl (C=O) groups is 2. The van der Waals surface area contributed by atoms with Gasteiger partial charge in [-0.05, 0) is 50.1 Å². The number of aliphatic carboxylic acids is 1. The van der Waals surface area contributed by atoms with E-state index in [2.05, 4.69) is 11.8 Å². The molecule has 1 aliphatic heterocycles. The van der Waals surface area contributed by atoms with Gasteiger partial charge < -0.3 is 24.4 Å². The van der Waals surface area contributed by atoms with Crippen molar-refractivity contribution in [3.63, 3.8) is 0 Å². The third kappa shape index (κ3) is 6.87. The number of ether oxygens (including phenoxy) is 2. The van der Waals surface area contributed by atoms with Crippen molar-refractivity contribution in [1.29, 1.82) is 0 Å². The van der Waals surface area contributed by atoms with Gasteiger partial charge in [0, 0.05) is 48.6 Å². The lowest BCUT2D eigenvalue weighted by molar-refractivity contribution is -0.136. The van der Waals surface area contributed by atoms with Crippen molar-refractivity contribution in [3.05, 3.63) is 70.2 Å². The maximum Gasteiger partial charge on any atom is 0.303 e. The number of carboxylic acids is 1. The van der Waals surface area contributed by atoms with Crippen molar-refractivity contribution in [1.82, 2.24) is 4.98 Å². The summed E-state index contributed by atoms with van der Waals surface area (Å²) in [6, 6.07) is 14.8. The molecule has 37 heavy (non-hydrogen) atoms. The maximum absolute atomic E-state index is 13.6. The van der Waals surface area contributed by atoms with Gasteiger partial charge in [0.1, 0.15) is 5.75 Å². The van der Waals surface area contributed by atoms with Gasteiger partial charge in [-0.25, -0.2) is 4.98 Å². The number of nitrogens with zero attached hydrogens (tertiary/aromatic N) is 3. The summed E-state index contributed by atoms with van der Waals surface area (Å²) in [7, 11) is 0. The van der Waals surface area contributed by atoms with Gasteiger partial charge in [0.25, 0.3) is 5.91 Å². The molecule has 0 spiro atoms. The number of carbonyl (C=O) groups excluding carboxylic acids is 1. The number of aromatic nitrogens is 1. The summed E-state index contributed by atoms with van der Waals surface area (Å²) in [6.45, 7) is 8.06. The third-order valence-electron chi connectivity index (χ3n) is 6.32. The first-order chi connectivity index (χ1) is 18.0. The molecule has 9 heteroatoms. The van der Waals surface area contributed by atoms with Crippen molar-refractivity contribution in [2.24, 2.45) is 0 Å². The third-order valence-corrected chi connectivity index (χ3v) is 7.39. The van der Waals surface area contributed by atoms with Gasteiger partial charge in [-0.3, -0.25) is 9.59 Å². The van der Waals surface area contributed by atoms with Crippen LogP contribution in [-0.2, 0) is 22.4 Å². The molecule has 0 radical (unpaired) electrons. The van der Waals surface area contributed by atoms with Crippen molar-refractivity contribution >= 4 is 34.0 Å². The van der Waals surface area contributed by atoms with Crippen molar-refractivity contribution in [2.75, 3.05) is 49.3 Å². The number of morpholine rings is 1. The molecule has 0 aliphatic carbocycles. The Hall–Kier alpha value is -3.43. The van der Waals surface area contributed by atoms with E-state index < -0.39 is 5.97 Å². The summed E-state index contributed by atoms with van der Waals surface area (Å²) >= 11 is 1.69. The highest BCUT2D eigenvalue weighted by Crippen LogP contribution is 2.28. The highest BCUT2D eigenvalue weighted by Gasteiger charge is 2.21. The molecule has 1 saturated heterocycles. The summed E-state index contributed by atoms with van der Waals surface area (Å²) in [5, 5.41) is 10.2. The van der Waals surface area contributed by atoms with Crippen LogP contribution in [0.15, 0.2) is 48.5 Å². The number of rotatable bonds is 11. The Bertz CT molecular complexity index is 1210. The van der Waals surface area contributed by atoms with Crippen LogP contribution in [0.25, 0.3) is 0 Å². The molecule has 0 atom stereocenters. The Morgan fingerprint density at radius 2 is 1.89 bits per heavy atom. The SMILES string of the molecule is CCN(C(=O)c1cc(OCCc2nc(N3CCOCC3)sc2C)ccc1CCC(=O)O)c1ccccc1. The van der Waals surface area contributed by atoms with E-state index in [9.17, 15) is 14.7 Å². The average Bonchev–Trinajstić information content (AvgIpc) is 3.29. The molecule has 2 heterocycles. The number of amides is 1. The van der Waals surface area contributed by atoms with Crippen molar-refractivity contribution in [3.8, 4) is 5.75 Å². The predicted octanol–water partition coefficient (Wildman–Crippen LogP) is 4.59. The van der Waals surface area contributed by atoms with Crippen LogP contribution >= 0.6 is 11.3 Å². The van der Waals surface area contributed by atoms with Gasteiger partial charge in [0.2, 0.25) is 0 Å². The van der Waals surface area contributed by atoms with Gasteiger partial charge >= 0.3 is 5.97 Å². The number of hydrogen-bond acceptors (Lipinski definition) is 7. The molecular formula is C28H33N3O5S. The second-order valence-electron chi connectivity index (χ2n) is 8.79. The fourth-order valence-corrected chi connectivity index (χ4v) is 5.31. The summed E-state index contributed by atoms with van der Waals surface area (Å²) in [5.41, 5.74) is 2.96. The average molecular weight is 524 g/mol. The molecule has 1 aromatic heterocycles. The maximum atomic E-state index is 13.6. The predicted molar refractivity (Wildman–Crippen MR) is 145 cm³/mol. The molecule has 1 aliphatic rings. The number of para-hydroxylation sites is 1. The molecule has 4 rings (SSSR count). The Labute approximate surface area is 221 Å². The minimum Gasteiger partial charge on any atom is -0.493 e. The number of anilines is 2. The first kappa shape index (κ1) is 26.6. The first-order valence-electron chi connectivity index (χ1n) is 12.6. The van der Waals surface area contributed by atoms with Crippen LogP contribution in [0.3, 0.4) is 0 Å². The molecule has 1 N–H and O–H groups in total. The quantitative estimate of drug-likeness (QED) is 0.393. The number of carboxylic acid groups (broad SMARTS) is 1. The Morgan fingerprint density at radius 3 is 2.59 bits per heavy atom. The fraction of sp³-hybridized carbons (Fsp3) is 0.393. The molecule has 2 aromatic carbocycles. The van der Waals surface area contributed by atoms with Crippen LogP contribution < -0.4 is 14.5 Å². The topological polar surface area (TPSA) is 92.2 Å². The van der Waals surface area contributed by atoms with Gasteiger partial charge in [0.15, 0.2) is 5.13 Å². The van der Waals surface area contributed by atoms with E-state index in [-0.39, 0.29) is 18.7 Å². The minimum absolute atomic E-state index is 0.0491. The van der Waals surface area contributed by atoms with E-state index in [1.54, 1.807) is 34.4 Å². The zero-order valence-corrected chi connectivity index (χ0v) is 22.1. The van der Waals surface area contributed by atoms with E-state index >= 15 is 0 Å². The zero-order chi connectivity index (χ0) is 26.2. The Morgan fingerprint density at radius 1 is 1.14 bits per heavy atom. The van der Waals surface area contributed by atoms with Gasteiger partial charge in [0.05, 0.1) is 25.5 Å². The van der Waals surface area contributed by atoms with Crippen LogP contribution in [0.1, 0.15) is 39.8 Å². The standard InChI is InChI=1S/C28H33N3O5S/c1-3-31(22-7-5-4-6-8-22)27(34)24-19-23(11-9-21(24)10-12-26(32)33)36-16-13-25-20(2)37-28(29-25)30-14-17-35-18-15-30/h4-9,11,19H,3,10,12-18H2,1-2H3,(H,32,33). The summed E-state index contributed by atoms with van der Waals surface area (Å²) in [6.07, 6.45) is 0.875. The number of aryl methyl sites for hydroxylation is 2. The summed E-state index contributed by atoms with van der Waals surface area (Å²) < 4.78 is 11.5. The van der Waals surface area contributed by atoms with Crippen LogP contribution in [0.4, 0.5) is 10.8 Å². The summed E-state index contributed by atoms with van der Waals surface area (Å²) in [4.78, 5) is 34.7. The van der Waals surface area contributed by atoms with Crippen molar-refractivity contribution < 1.29 is 24.2 Å². The fourth-order valence-electron chi connectivity index (χ4n) is 4.30. The molecule has 196 valence electrons. The van der Waals surface area contributed by atoms with Gasteiger partial charge in [-0.15, -0.1) is 11.3 Å². The van der Waals surface area contributed by atoms with Crippen molar-refractivity contribution in [2.45, 2.75) is 33.1 Å². The van der Waals surface area contributed by atoms with E-state index in [0.717, 1.165) is 42.8 Å². The monoisotopic (exact) mass is 523 g/mol. The summed E-state index contributed by atoms with van der Waals surface area (Å²) in [5.74, 6) is -0.498. The zero-order valence-electron chi connectivity index (χ0n) is 21.3. The number of thiazole rings is 1. The van der Waals surface area contributed by atoms with Crippen LogP contribution in [0, 0.1) is 6.92 Å². The molecular weight excluding hydrogens is 490 g/mol. The lowest BCUT2D eigenvalue weighted by Gasteiger charge is -2.26. The van der Waals surface area contributed by atoms with Crippen LogP contribution in [0.2, 0.25) is 0 Å². The lowest BCUT2D eigenvalue weighted by atomic mass is 10.0. The first-order valence-corrected chi connectivity index (χ1v) is 13.4. The minimum atomic E-state index is -0.899. The van der Waals surface area contributed by atoms with Gasteiger partial charge in [-0.2, -0.15) is 0 Å². The number of benzene rings is 2. The van der Waals surface area contributed by atoms with Crippen LogP contribution in [0.5, 0.6) is 5.75 Å². The second-order valence-corrected chi connectivity index (χ2v) is 9.98. The highest BCUT2D eigenvalue weighted by atomic mass is 32.1.